The molecule has 0 radical (unpaired) electrons. The van der Waals surface area contributed by atoms with Crippen LogP contribution in [0.25, 0.3) is 11.5 Å². The summed E-state index contributed by atoms with van der Waals surface area (Å²) in [6.07, 6.45) is 0.673. The number of nitrogens with one attached hydrogen (secondary N) is 1. The minimum Gasteiger partial charge on any atom is -0.493 e. The van der Waals surface area contributed by atoms with Crippen molar-refractivity contribution in [2.24, 2.45) is 5.92 Å². The molecule has 7 nitrogen and oxygen atoms in total. The summed E-state index contributed by atoms with van der Waals surface area (Å²) in [4.78, 5) is 30.0. The van der Waals surface area contributed by atoms with Crippen molar-refractivity contribution in [3.63, 3.8) is 0 Å². The van der Waals surface area contributed by atoms with Gasteiger partial charge in [-0.15, -0.1) is 0 Å². The Balaban J connectivity index is 1.23. The maximum atomic E-state index is 13.2. The van der Waals surface area contributed by atoms with Crippen LogP contribution in [0.4, 0.5) is 0 Å². The third-order valence-corrected chi connectivity index (χ3v) is 7.03. The number of ketones is 1. The Morgan fingerprint density at radius 2 is 1.48 bits per heavy atom. The molecule has 0 saturated carbocycles. The Morgan fingerprint density at radius 3 is 2.14 bits per heavy atom. The number of carbonyl (C=O) groups is 2. The van der Waals surface area contributed by atoms with Gasteiger partial charge in [-0.3, -0.25) is 9.59 Å². The molecule has 1 heterocycles. The molecule has 4 aromatic carbocycles. The lowest BCUT2D eigenvalue weighted by Gasteiger charge is -2.17. The van der Waals surface area contributed by atoms with Gasteiger partial charge in [0, 0.05) is 28.7 Å². The predicted octanol–water partition coefficient (Wildman–Crippen LogP) is 6.81. The summed E-state index contributed by atoms with van der Waals surface area (Å²) in [7, 11) is 0. The molecule has 1 atom stereocenters. The van der Waals surface area contributed by atoms with Gasteiger partial charge in [-0.05, 0) is 43.2 Å². The van der Waals surface area contributed by atoms with Crippen molar-refractivity contribution in [1.29, 1.82) is 5.41 Å². The lowest BCUT2D eigenvalue weighted by molar-refractivity contribution is -0.139. The van der Waals surface area contributed by atoms with Gasteiger partial charge in [0.2, 0.25) is 5.89 Å². The predicted molar refractivity (Wildman–Crippen MR) is 160 cm³/mol. The molecule has 0 fully saturated rings. The highest BCUT2D eigenvalue weighted by Crippen LogP contribution is 2.24. The Morgan fingerprint density at radius 1 is 0.857 bits per heavy atom. The summed E-state index contributed by atoms with van der Waals surface area (Å²) in [6.45, 7) is 2.28. The maximum Gasteiger partial charge on any atom is 0.312 e. The monoisotopic (exact) mass is 558 g/mol. The van der Waals surface area contributed by atoms with Crippen molar-refractivity contribution >= 4 is 17.5 Å². The summed E-state index contributed by atoms with van der Waals surface area (Å²) < 4.78 is 11.7. The molecule has 5 rings (SSSR count). The fraction of sp³-hybridized carbons (Fsp3) is 0.143. The van der Waals surface area contributed by atoms with Crippen molar-refractivity contribution in [3.8, 4) is 17.2 Å². The zero-order valence-corrected chi connectivity index (χ0v) is 23.1. The lowest BCUT2D eigenvalue weighted by atomic mass is 9.86. The maximum absolute atomic E-state index is 13.2. The Bertz CT molecular complexity index is 1690. The van der Waals surface area contributed by atoms with Crippen LogP contribution in [0.5, 0.6) is 5.75 Å². The molecule has 0 aliphatic rings. The van der Waals surface area contributed by atoms with Gasteiger partial charge < -0.3 is 19.7 Å². The van der Waals surface area contributed by atoms with Crippen molar-refractivity contribution in [2.75, 3.05) is 6.61 Å². The molecule has 210 valence electrons. The SMILES string of the molecule is Cc1oc(-c2ccccc2)nc1CCOc1ccc(CC(C(=N)c2ccccc2C(=O)c2ccccc2)C(=O)O)cc1. The van der Waals surface area contributed by atoms with E-state index in [1.165, 1.54) is 0 Å². The Kier molecular flexibility index (Phi) is 8.68. The van der Waals surface area contributed by atoms with Gasteiger partial charge >= 0.3 is 5.97 Å². The van der Waals surface area contributed by atoms with E-state index in [1.807, 2.05) is 43.3 Å². The smallest absolute Gasteiger partial charge is 0.312 e. The standard InChI is InChI=1S/C35H30N2O5/c1-23-31(37-34(42-23)26-12-6-3-7-13-26)20-21-41-27-18-16-24(17-19-27)22-30(35(39)40)32(36)28-14-8-9-15-29(28)33(38)25-10-4-2-5-11-25/h2-19,30,36H,20-22H2,1H3,(H,39,40). The number of benzene rings is 4. The zero-order chi connectivity index (χ0) is 29.5. The van der Waals surface area contributed by atoms with Crippen molar-refractivity contribution in [1.82, 2.24) is 4.98 Å². The molecule has 0 spiro atoms. The van der Waals surface area contributed by atoms with Crippen molar-refractivity contribution in [3.05, 3.63) is 143 Å². The number of carboxylic acid groups (broad SMARTS) is 1. The number of rotatable bonds is 12. The summed E-state index contributed by atoms with van der Waals surface area (Å²) in [5.41, 5.74) is 3.49. The van der Waals surface area contributed by atoms with E-state index in [0.29, 0.717) is 41.4 Å². The van der Waals surface area contributed by atoms with Crippen LogP contribution >= 0.6 is 0 Å². The normalized spacial score (nSPS) is 11.5. The van der Waals surface area contributed by atoms with Gasteiger partial charge in [-0.1, -0.05) is 84.9 Å². The van der Waals surface area contributed by atoms with E-state index in [-0.39, 0.29) is 17.9 Å². The molecule has 0 aliphatic heterocycles. The first-order chi connectivity index (χ1) is 20.4. The fourth-order valence-corrected chi connectivity index (χ4v) is 4.75. The highest BCUT2D eigenvalue weighted by Gasteiger charge is 2.27. The number of oxazole rings is 1. The number of carbonyl (C=O) groups excluding carboxylic acids is 1. The van der Waals surface area contributed by atoms with E-state index in [2.05, 4.69) is 4.98 Å². The first-order valence-electron chi connectivity index (χ1n) is 13.6. The van der Waals surface area contributed by atoms with Crippen molar-refractivity contribution < 1.29 is 23.8 Å². The molecule has 0 aliphatic carbocycles. The second-order valence-electron chi connectivity index (χ2n) is 9.88. The molecule has 7 heteroatoms. The molecule has 0 bridgehead atoms. The minimum absolute atomic E-state index is 0.0999. The number of aromatic nitrogens is 1. The number of aryl methyl sites for hydroxylation is 1. The first-order valence-corrected chi connectivity index (χ1v) is 13.6. The summed E-state index contributed by atoms with van der Waals surface area (Å²) in [6, 6.07) is 32.4. The molecule has 42 heavy (non-hydrogen) atoms. The summed E-state index contributed by atoms with van der Waals surface area (Å²) in [5, 5.41) is 18.8. The average Bonchev–Trinajstić information content (AvgIpc) is 3.40. The molecule has 1 unspecified atom stereocenters. The first kappa shape index (κ1) is 28.2. The molecular formula is C35H30N2O5. The number of ether oxygens (including phenoxy) is 1. The third kappa shape index (κ3) is 6.53. The van der Waals surface area contributed by atoms with Gasteiger partial charge in [0.15, 0.2) is 5.78 Å². The van der Waals surface area contributed by atoms with Gasteiger partial charge in [-0.25, -0.2) is 4.98 Å². The summed E-state index contributed by atoms with van der Waals surface area (Å²) in [5.74, 6) is -0.529. The molecular weight excluding hydrogens is 528 g/mol. The topological polar surface area (TPSA) is 113 Å². The van der Waals surface area contributed by atoms with Crippen LogP contribution in [0.15, 0.2) is 114 Å². The van der Waals surface area contributed by atoms with E-state index in [9.17, 15) is 14.7 Å². The highest BCUT2D eigenvalue weighted by molar-refractivity contribution is 6.19. The van der Waals surface area contributed by atoms with E-state index < -0.39 is 11.9 Å². The quantitative estimate of drug-likeness (QED) is 0.128. The van der Waals surface area contributed by atoms with Crippen LogP contribution in [0, 0.1) is 18.3 Å². The van der Waals surface area contributed by atoms with Gasteiger partial charge in [0.25, 0.3) is 0 Å². The molecule has 1 aromatic heterocycles. The van der Waals surface area contributed by atoms with Gasteiger partial charge in [0.1, 0.15) is 17.4 Å². The van der Waals surface area contributed by atoms with Crippen LogP contribution < -0.4 is 4.74 Å². The number of nitrogens with zero attached hydrogens (tertiary/aromatic N) is 1. The number of carboxylic acids is 1. The van der Waals surface area contributed by atoms with Crippen LogP contribution in [-0.2, 0) is 17.6 Å². The Labute approximate surface area is 244 Å². The molecule has 2 N–H and O–H groups in total. The average molecular weight is 559 g/mol. The van der Waals surface area contributed by atoms with E-state index in [1.54, 1.807) is 72.8 Å². The van der Waals surface area contributed by atoms with Crippen LogP contribution in [0.2, 0.25) is 0 Å². The molecule has 0 saturated heterocycles. The molecule has 5 aromatic rings. The third-order valence-electron chi connectivity index (χ3n) is 7.03. The zero-order valence-electron chi connectivity index (χ0n) is 23.1. The number of aliphatic carboxylic acids is 1. The van der Waals surface area contributed by atoms with Crippen LogP contribution in [0.1, 0.15) is 38.5 Å². The second kappa shape index (κ2) is 12.9. The van der Waals surface area contributed by atoms with Crippen molar-refractivity contribution in [2.45, 2.75) is 19.8 Å². The molecule has 0 amide bonds. The number of hydrogen-bond acceptors (Lipinski definition) is 6. The Hall–Kier alpha value is -5.30. The van der Waals surface area contributed by atoms with Crippen LogP contribution in [-0.4, -0.2) is 34.2 Å². The minimum atomic E-state index is -1.13. The largest absolute Gasteiger partial charge is 0.493 e. The van der Waals surface area contributed by atoms with Crippen LogP contribution in [0.3, 0.4) is 0 Å². The van der Waals surface area contributed by atoms with E-state index in [0.717, 1.165) is 22.6 Å². The fourth-order valence-electron chi connectivity index (χ4n) is 4.75. The van der Waals surface area contributed by atoms with Gasteiger partial charge in [0.05, 0.1) is 18.0 Å². The second-order valence-corrected chi connectivity index (χ2v) is 9.88. The lowest BCUT2D eigenvalue weighted by Crippen LogP contribution is -2.27. The number of hydrogen-bond donors (Lipinski definition) is 2. The van der Waals surface area contributed by atoms with E-state index in [4.69, 9.17) is 14.6 Å². The highest BCUT2D eigenvalue weighted by atomic mass is 16.5. The summed E-state index contributed by atoms with van der Waals surface area (Å²) >= 11 is 0. The van der Waals surface area contributed by atoms with E-state index >= 15 is 0 Å². The van der Waals surface area contributed by atoms with Gasteiger partial charge in [-0.2, -0.15) is 0 Å².